The van der Waals surface area contributed by atoms with Crippen LogP contribution in [0, 0.1) is 16.7 Å². The number of anilines is 1. The number of rotatable bonds is 2. The van der Waals surface area contributed by atoms with Crippen LogP contribution in [0.25, 0.3) is 0 Å². The summed E-state index contributed by atoms with van der Waals surface area (Å²) in [5.41, 5.74) is -0.873. The average Bonchev–Trinajstić information content (AvgIpc) is 3.09. The van der Waals surface area contributed by atoms with Crippen LogP contribution in [0.5, 0.6) is 0 Å². The van der Waals surface area contributed by atoms with Crippen LogP contribution in [-0.2, 0) is 9.53 Å². The Labute approximate surface area is 127 Å². The molecule has 6 nitrogen and oxygen atoms in total. The Hall–Kier alpha value is -1.65. The summed E-state index contributed by atoms with van der Waals surface area (Å²) < 4.78 is 5.29. The fraction of sp³-hybridized carbons (Fsp3) is 0.643. The Balaban J connectivity index is 1.63. The summed E-state index contributed by atoms with van der Waals surface area (Å²) in [5.74, 6) is -0.0212. The van der Waals surface area contributed by atoms with Crippen molar-refractivity contribution in [2.45, 2.75) is 12.8 Å². The topological polar surface area (TPSA) is 69.5 Å². The van der Waals surface area contributed by atoms with Crippen LogP contribution < -0.4 is 4.90 Å². The average molecular weight is 306 g/mol. The molecule has 2 saturated heterocycles. The third-order valence-electron chi connectivity index (χ3n) is 4.23. The Morgan fingerprint density at radius 3 is 2.62 bits per heavy atom. The Bertz CT molecular complexity index is 526. The summed E-state index contributed by atoms with van der Waals surface area (Å²) in [6.45, 7) is 3.86. The Kier molecular flexibility index (Phi) is 4.08. The van der Waals surface area contributed by atoms with Crippen molar-refractivity contribution in [3.05, 3.63) is 11.6 Å². The molecule has 1 aromatic rings. The summed E-state index contributed by atoms with van der Waals surface area (Å²) in [7, 11) is 0. The van der Waals surface area contributed by atoms with Crippen LogP contribution in [0.4, 0.5) is 5.13 Å². The quantitative estimate of drug-likeness (QED) is 0.819. The number of ether oxygens (including phenoxy) is 1. The molecule has 0 saturated carbocycles. The third kappa shape index (κ3) is 2.74. The molecule has 2 aliphatic rings. The van der Waals surface area contributed by atoms with E-state index in [1.54, 1.807) is 17.5 Å². The van der Waals surface area contributed by atoms with Crippen molar-refractivity contribution in [3.8, 4) is 6.07 Å². The highest BCUT2D eigenvalue weighted by Gasteiger charge is 2.43. The zero-order valence-corrected chi connectivity index (χ0v) is 12.6. The first kappa shape index (κ1) is 14.3. The van der Waals surface area contributed by atoms with Gasteiger partial charge in [0.15, 0.2) is 5.13 Å². The van der Waals surface area contributed by atoms with Crippen molar-refractivity contribution in [1.29, 1.82) is 5.26 Å². The molecule has 0 aromatic carbocycles. The smallest absolute Gasteiger partial charge is 0.243 e. The van der Waals surface area contributed by atoms with E-state index in [2.05, 4.69) is 16.0 Å². The van der Waals surface area contributed by atoms with Gasteiger partial charge in [-0.2, -0.15) is 5.26 Å². The van der Waals surface area contributed by atoms with Crippen molar-refractivity contribution in [2.24, 2.45) is 5.41 Å². The first-order chi connectivity index (χ1) is 10.2. The zero-order valence-electron chi connectivity index (χ0n) is 11.8. The van der Waals surface area contributed by atoms with Crippen LogP contribution in [0.2, 0.25) is 0 Å². The number of piperazine rings is 1. The molecule has 0 N–H and O–H groups in total. The van der Waals surface area contributed by atoms with E-state index >= 15 is 0 Å². The Morgan fingerprint density at radius 2 is 2.05 bits per heavy atom. The largest absolute Gasteiger partial charge is 0.381 e. The molecule has 112 valence electrons. The summed E-state index contributed by atoms with van der Waals surface area (Å²) in [6.07, 6.45) is 2.81. The first-order valence-corrected chi connectivity index (χ1v) is 8.06. The molecule has 3 heterocycles. The van der Waals surface area contributed by atoms with Crippen LogP contribution >= 0.6 is 11.3 Å². The fourth-order valence-corrected chi connectivity index (χ4v) is 3.57. The van der Waals surface area contributed by atoms with Crippen LogP contribution in [0.15, 0.2) is 11.6 Å². The molecular weight excluding hydrogens is 288 g/mol. The van der Waals surface area contributed by atoms with E-state index in [-0.39, 0.29) is 5.91 Å². The lowest BCUT2D eigenvalue weighted by atomic mass is 9.80. The van der Waals surface area contributed by atoms with Crippen molar-refractivity contribution < 1.29 is 9.53 Å². The second kappa shape index (κ2) is 6.00. The molecule has 0 bridgehead atoms. The van der Waals surface area contributed by atoms with Crippen LogP contribution in [0.1, 0.15) is 12.8 Å². The van der Waals surface area contributed by atoms with Crippen molar-refractivity contribution in [3.63, 3.8) is 0 Å². The summed E-state index contributed by atoms with van der Waals surface area (Å²) in [4.78, 5) is 21.0. The number of nitrogens with zero attached hydrogens (tertiary/aromatic N) is 4. The number of thiazole rings is 1. The first-order valence-electron chi connectivity index (χ1n) is 7.18. The summed E-state index contributed by atoms with van der Waals surface area (Å²) in [5, 5.41) is 12.4. The second-order valence-corrected chi connectivity index (χ2v) is 6.27. The number of carbonyl (C=O) groups is 1. The molecule has 0 atom stereocenters. The monoisotopic (exact) mass is 306 g/mol. The minimum atomic E-state index is -0.873. The second-order valence-electron chi connectivity index (χ2n) is 5.40. The molecule has 0 aliphatic carbocycles. The highest BCUT2D eigenvalue weighted by atomic mass is 32.1. The van der Waals surface area contributed by atoms with Gasteiger partial charge in [-0.05, 0) is 12.8 Å². The lowest BCUT2D eigenvalue weighted by molar-refractivity contribution is -0.143. The standard InChI is InChI=1S/C14H18N4O2S/c15-11-14(1-8-20-9-2-14)12(19)17-4-6-18(7-5-17)13-16-3-10-21-13/h3,10H,1-2,4-9H2. The van der Waals surface area contributed by atoms with Gasteiger partial charge in [-0.3, -0.25) is 4.79 Å². The van der Waals surface area contributed by atoms with Gasteiger partial charge in [-0.1, -0.05) is 0 Å². The number of carbonyl (C=O) groups excluding carboxylic acids is 1. The zero-order chi connectivity index (χ0) is 14.7. The minimum absolute atomic E-state index is 0.0212. The van der Waals surface area contributed by atoms with E-state index in [0.717, 1.165) is 18.2 Å². The van der Waals surface area contributed by atoms with E-state index in [9.17, 15) is 10.1 Å². The van der Waals surface area contributed by atoms with Gasteiger partial charge in [-0.15, -0.1) is 11.3 Å². The molecule has 0 spiro atoms. The van der Waals surface area contributed by atoms with E-state index in [1.807, 2.05) is 10.3 Å². The number of amides is 1. The van der Waals surface area contributed by atoms with E-state index in [0.29, 0.717) is 39.1 Å². The van der Waals surface area contributed by atoms with Gasteiger partial charge < -0.3 is 14.5 Å². The SMILES string of the molecule is N#CC1(C(=O)N2CCN(c3nccs3)CC2)CCOCC1. The van der Waals surface area contributed by atoms with Gasteiger partial charge in [-0.25, -0.2) is 4.98 Å². The van der Waals surface area contributed by atoms with Gasteiger partial charge in [0.1, 0.15) is 5.41 Å². The third-order valence-corrected chi connectivity index (χ3v) is 5.06. The number of nitriles is 1. The molecule has 1 amide bonds. The van der Waals surface area contributed by atoms with Crippen molar-refractivity contribution in [2.75, 3.05) is 44.3 Å². The maximum absolute atomic E-state index is 12.7. The van der Waals surface area contributed by atoms with Gasteiger partial charge in [0, 0.05) is 51.0 Å². The van der Waals surface area contributed by atoms with Gasteiger partial charge in [0.05, 0.1) is 6.07 Å². The van der Waals surface area contributed by atoms with E-state index in [4.69, 9.17) is 4.74 Å². The van der Waals surface area contributed by atoms with E-state index in [1.165, 1.54) is 0 Å². The fourth-order valence-electron chi connectivity index (χ4n) is 2.87. The number of aromatic nitrogens is 1. The molecule has 3 rings (SSSR count). The van der Waals surface area contributed by atoms with Crippen LogP contribution in [0.3, 0.4) is 0 Å². The molecule has 21 heavy (non-hydrogen) atoms. The predicted molar refractivity (Wildman–Crippen MR) is 79.0 cm³/mol. The highest BCUT2D eigenvalue weighted by molar-refractivity contribution is 7.13. The number of hydrogen-bond donors (Lipinski definition) is 0. The molecule has 2 aliphatic heterocycles. The normalized spacial score (nSPS) is 21.9. The molecule has 0 unspecified atom stereocenters. The molecule has 2 fully saturated rings. The van der Waals surface area contributed by atoms with Crippen LogP contribution in [-0.4, -0.2) is 55.2 Å². The van der Waals surface area contributed by atoms with Gasteiger partial charge >= 0.3 is 0 Å². The lowest BCUT2D eigenvalue weighted by Crippen LogP contribution is -2.54. The maximum Gasteiger partial charge on any atom is 0.243 e. The van der Waals surface area contributed by atoms with Gasteiger partial charge in [0.25, 0.3) is 0 Å². The number of hydrogen-bond acceptors (Lipinski definition) is 6. The van der Waals surface area contributed by atoms with Crippen molar-refractivity contribution in [1.82, 2.24) is 9.88 Å². The van der Waals surface area contributed by atoms with Gasteiger partial charge in [0.2, 0.25) is 5.91 Å². The van der Waals surface area contributed by atoms with E-state index < -0.39 is 5.41 Å². The maximum atomic E-state index is 12.7. The predicted octanol–water partition coefficient (Wildman–Crippen LogP) is 1.11. The molecule has 1 aromatic heterocycles. The Morgan fingerprint density at radius 1 is 1.33 bits per heavy atom. The summed E-state index contributed by atoms with van der Waals surface area (Å²) in [6, 6.07) is 2.26. The molecule has 0 radical (unpaired) electrons. The molecule has 7 heteroatoms. The highest BCUT2D eigenvalue weighted by Crippen LogP contribution is 2.32. The molecular formula is C14H18N4O2S. The minimum Gasteiger partial charge on any atom is -0.381 e. The lowest BCUT2D eigenvalue weighted by Gasteiger charge is -2.39. The summed E-state index contributed by atoms with van der Waals surface area (Å²) >= 11 is 1.61. The van der Waals surface area contributed by atoms with Crippen molar-refractivity contribution >= 4 is 22.4 Å².